The SMILES string of the molecule is CCC[Si]1([c-]2ccc(C)c2)CCC1.[C-]1=CC=CC1.[Cl-].[Cl-].[Zr+4]. The Balaban J connectivity index is 0. The minimum Gasteiger partial charge on any atom is -1.00 e. The van der Waals surface area contributed by atoms with Crippen LogP contribution in [-0.2, 0) is 26.2 Å². The third-order valence-corrected chi connectivity index (χ3v) is 9.76. The van der Waals surface area contributed by atoms with E-state index in [1.807, 2.05) is 12.2 Å². The predicted octanol–water partition coefficient (Wildman–Crippen LogP) is -1.51. The van der Waals surface area contributed by atoms with Crippen LogP contribution in [0.15, 0.2) is 36.4 Å². The Morgan fingerprint density at radius 3 is 2.29 bits per heavy atom. The fraction of sp³-hybridized carbons (Fsp3) is 0.471. The van der Waals surface area contributed by atoms with Gasteiger partial charge in [0.1, 0.15) is 0 Å². The normalized spacial score (nSPS) is 16.5. The molecule has 1 aromatic rings. The van der Waals surface area contributed by atoms with E-state index >= 15 is 0 Å². The van der Waals surface area contributed by atoms with Gasteiger partial charge < -0.3 is 24.8 Å². The first-order valence-corrected chi connectivity index (χ1v) is 9.84. The van der Waals surface area contributed by atoms with Crippen molar-refractivity contribution >= 4 is 13.3 Å². The third-order valence-electron chi connectivity index (χ3n) is 4.15. The Morgan fingerprint density at radius 1 is 1.29 bits per heavy atom. The van der Waals surface area contributed by atoms with Gasteiger partial charge >= 0.3 is 26.2 Å². The van der Waals surface area contributed by atoms with Gasteiger partial charge in [-0.15, -0.1) is 6.42 Å². The van der Waals surface area contributed by atoms with Crippen molar-refractivity contribution in [1.29, 1.82) is 0 Å². The number of aryl methyl sites for hydroxylation is 1. The molecule has 2 aliphatic rings. The van der Waals surface area contributed by atoms with E-state index in [0.29, 0.717) is 0 Å². The summed E-state index contributed by atoms with van der Waals surface area (Å²) in [6.45, 7) is 4.55. The average Bonchev–Trinajstić information content (AvgIpc) is 2.97. The summed E-state index contributed by atoms with van der Waals surface area (Å²) in [6.07, 6.45) is 12.9. The van der Waals surface area contributed by atoms with Gasteiger partial charge in [-0.25, -0.2) is 23.8 Å². The van der Waals surface area contributed by atoms with Gasteiger partial charge in [0.15, 0.2) is 0 Å². The molecule has 114 valence electrons. The minimum absolute atomic E-state index is 0. The molecule has 0 amide bonds. The minimum atomic E-state index is -0.898. The van der Waals surface area contributed by atoms with Crippen molar-refractivity contribution in [3.63, 3.8) is 0 Å². The molecular formula is C17H24Cl2SiZr. The van der Waals surface area contributed by atoms with Gasteiger partial charge in [0.05, 0.1) is 0 Å². The number of rotatable bonds is 3. The molecule has 0 aromatic heterocycles. The molecular weight excluding hydrogens is 394 g/mol. The van der Waals surface area contributed by atoms with Gasteiger partial charge in [-0.1, -0.05) is 44.8 Å². The Hall–Kier alpha value is 0.510. The molecule has 0 N–H and O–H groups in total. The van der Waals surface area contributed by atoms with Crippen molar-refractivity contribution in [3.8, 4) is 0 Å². The van der Waals surface area contributed by atoms with Crippen LogP contribution in [0.3, 0.4) is 0 Å². The van der Waals surface area contributed by atoms with E-state index in [1.54, 1.807) is 17.3 Å². The van der Waals surface area contributed by atoms with Crippen molar-refractivity contribution in [2.45, 2.75) is 51.2 Å². The van der Waals surface area contributed by atoms with Crippen molar-refractivity contribution in [3.05, 3.63) is 48.1 Å². The number of hydrogen-bond donors (Lipinski definition) is 0. The van der Waals surface area contributed by atoms with Gasteiger partial charge in [0.2, 0.25) is 0 Å². The first-order chi connectivity index (χ1) is 8.77. The van der Waals surface area contributed by atoms with E-state index in [-0.39, 0.29) is 51.0 Å². The van der Waals surface area contributed by atoms with E-state index in [0.717, 1.165) is 6.42 Å². The fourth-order valence-electron chi connectivity index (χ4n) is 3.00. The second-order valence-corrected chi connectivity index (χ2v) is 10.2. The van der Waals surface area contributed by atoms with E-state index < -0.39 is 8.07 Å². The zero-order valence-corrected chi connectivity index (χ0v) is 17.9. The van der Waals surface area contributed by atoms with Crippen LogP contribution < -0.4 is 30.0 Å². The van der Waals surface area contributed by atoms with Crippen LogP contribution >= 0.6 is 0 Å². The number of allylic oxidation sites excluding steroid dienone is 4. The Morgan fingerprint density at radius 2 is 2.00 bits per heavy atom. The predicted molar refractivity (Wildman–Crippen MR) is 83.1 cm³/mol. The molecule has 1 aromatic carbocycles. The summed E-state index contributed by atoms with van der Waals surface area (Å²) in [4.78, 5) is 0. The maximum atomic E-state index is 2.99. The van der Waals surface area contributed by atoms with Gasteiger partial charge in [-0.3, -0.25) is 6.08 Å². The molecule has 0 bridgehead atoms. The average molecular weight is 419 g/mol. The standard InChI is InChI=1S/C12H19Si.C5H5.2ClH.Zr/c1-3-7-13(8-4-9-13)12-6-5-11(2)10-12;1-2-4-5-3-1;;;/h5-6,10H,3-4,7-9H2,1-2H3;1-3H,4H2;2*1H;/q2*-1;;;+4/p-2. The molecule has 1 fully saturated rings. The second kappa shape index (κ2) is 12.0. The number of hydrogen-bond acceptors (Lipinski definition) is 0. The molecule has 0 spiro atoms. The van der Waals surface area contributed by atoms with Crippen molar-refractivity contribution < 1.29 is 51.0 Å². The zero-order chi connectivity index (χ0) is 12.8. The van der Waals surface area contributed by atoms with Crippen molar-refractivity contribution in [2.75, 3.05) is 0 Å². The quantitative estimate of drug-likeness (QED) is 0.414. The Labute approximate surface area is 162 Å². The summed E-state index contributed by atoms with van der Waals surface area (Å²) >= 11 is 0. The van der Waals surface area contributed by atoms with E-state index in [9.17, 15) is 0 Å². The number of halogens is 2. The van der Waals surface area contributed by atoms with Crippen LogP contribution in [0.4, 0.5) is 0 Å². The van der Waals surface area contributed by atoms with Crippen LogP contribution in [0.25, 0.3) is 0 Å². The zero-order valence-electron chi connectivity index (χ0n) is 13.0. The molecule has 0 saturated carbocycles. The molecule has 21 heavy (non-hydrogen) atoms. The van der Waals surface area contributed by atoms with Crippen molar-refractivity contribution in [2.24, 2.45) is 0 Å². The van der Waals surface area contributed by atoms with Crippen LogP contribution in [0.2, 0.25) is 18.1 Å². The molecule has 0 nitrogen and oxygen atoms in total. The summed E-state index contributed by atoms with van der Waals surface area (Å²) in [6, 6.07) is 11.8. The van der Waals surface area contributed by atoms with Crippen molar-refractivity contribution in [1.82, 2.24) is 0 Å². The van der Waals surface area contributed by atoms with Crippen LogP contribution in [0, 0.1) is 13.0 Å². The first-order valence-electron chi connectivity index (χ1n) is 7.22. The molecule has 1 aliphatic carbocycles. The summed E-state index contributed by atoms with van der Waals surface area (Å²) in [5.41, 5.74) is 1.46. The Kier molecular flexibility index (Phi) is 13.6. The van der Waals surface area contributed by atoms with Crippen LogP contribution in [0.1, 0.15) is 31.7 Å². The summed E-state index contributed by atoms with van der Waals surface area (Å²) in [5.74, 6) is 0. The molecule has 1 aliphatic heterocycles. The largest absolute Gasteiger partial charge is 4.00 e. The van der Waals surface area contributed by atoms with E-state index in [2.05, 4.69) is 44.2 Å². The second-order valence-electron chi connectivity index (χ2n) is 5.56. The van der Waals surface area contributed by atoms with E-state index in [1.165, 1.54) is 24.4 Å². The first kappa shape index (κ1) is 23.8. The topological polar surface area (TPSA) is 0 Å². The van der Waals surface area contributed by atoms with Gasteiger partial charge in [0.25, 0.3) is 0 Å². The molecule has 1 saturated heterocycles. The third kappa shape index (κ3) is 6.65. The molecule has 0 atom stereocenters. The van der Waals surface area contributed by atoms with Crippen LogP contribution in [0.5, 0.6) is 0 Å². The summed E-state index contributed by atoms with van der Waals surface area (Å²) in [7, 11) is -0.898. The molecule has 1 heterocycles. The molecule has 4 heteroatoms. The molecule has 3 rings (SSSR count). The summed E-state index contributed by atoms with van der Waals surface area (Å²) < 4.78 is 0. The molecule has 0 unspecified atom stereocenters. The maximum Gasteiger partial charge on any atom is 4.00 e. The van der Waals surface area contributed by atoms with Gasteiger partial charge in [-0.2, -0.15) is 23.4 Å². The van der Waals surface area contributed by atoms with Gasteiger partial charge in [-0.05, 0) is 0 Å². The Bertz CT molecular complexity index is 424. The fourth-order valence-corrected chi connectivity index (χ4v) is 7.50. The van der Waals surface area contributed by atoms with Crippen LogP contribution in [-0.4, -0.2) is 8.07 Å². The van der Waals surface area contributed by atoms with E-state index in [4.69, 9.17) is 0 Å². The van der Waals surface area contributed by atoms with Gasteiger partial charge in [0, 0.05) is 8.07 Å². The molecule has 0 radical (unpaired) electrons. The smallest absolute Gasteiger partial charge is 1.00 e. The maximum absolute atomic E-state index is 2.99. The summed E-state index contributed by atoms with van der Waals surface area (Å²) in [5, 5.41) is 1.75. The monoisotopic (exact) mass is 416 g/mol.